The lowest BCUT2D eigenvalue weighted by atomic mass is 10.2. The Morgan fingerprint density at radius 2 is 1.81 bits per heavy atom. The van der Waals surface area contributed by atoms with Crippen LogP contribution in [0.5, 0.6) is 0 Å². The molecule has 21 heavy (non-hydrogen) atoms. The van der Waals surface area contributed by atoms with Gasteiger partial charge in [-0.2, -0.15) is 4.57 Å². The molecule has 2 heterocycles. The zero-order chi connectivity index (χ0) is 14.5. The van der Waals surface area contributed by atoms with Crippen molar-refractivity contribution in [3.05, 3.63) is 66.3 Å². The molecule has 0 aliphatic carbocycles. The molecule has 0 aliphatic heterocycles. The number of nitrogens with one attached hydrogen (secondary N) is 1. The number of anilines is 1. The van der Waals surface area contributed by atoms with E-state index in [1.165, 1.54) is 11.3 Å². The smallest absolute Gasteiger partial charge is 0.292 e. The Hall–Kier alpha value is -2.53. The van der Waals surface area contributed by atoms with Crippen molar-refractivity contribution in [3.8, 4) is 11.3 Å². The topological polar surface area (TPSA) is 45.9 Å². The molecule has 3 aromatic rings. The van der Waals surface area contributed by atoms with Gasteiger partial charge < -0.3 is 0 Å². The van der Waals surface area contributed by atoms with Crippen molar-refractivity contribution in [3.63, 3.8) is 0 Å². The largest absolute Gasteiger partial charge is 0.296 e. The monoisotopic (exact) mass is 296 g/mol. The first-order chi connectivity index (χ1) is 10.3. The molecule has 1 aromatic carbocycles. The van der Waals surface area contributed by atoms with E-state index in [9.17, 15) is 4.79 Å². The van der Waals surface area contributed by atoms with Crippen LogP contribution in [0.2, 0.25) is 0 Å². The van der Waals surface area contributed by atoms with Crippen LogP contribution in [0, 0.1) is 0 Å². The second-order valence-electron chi connectivity index (χ2n) is 4.50. The van der Waals surface area contributed by atoms with Gasteiger partial charge in [0.25, 0.3) is 5.91 Å². The predicted octanol–water partition coefficient (Wildman–Crippen LogP) is 2.74. The third kappa shape index (κ3) is 3.52. The van der Waals surface area contributed by atoms with Crippen LogP contribution in [0.3, 0.4) is 0 Å². The summed E-state index contributed by atoms with van der Waals surface area (Å²) in [7, 11) is 0. The molecule has 0 unspecified atom stereocenters. The van der Waals surface area contributed by atoms with Crippen LogP contribution in [0.1, 0.15) is 0 Å². The molecule has 0 radical (unpaired) electrons. The van der Waals surface area contributed by atoms with Crippen LogP contribution >= 0.6 is 11.3 Å². The fraction of sp³-hybridized carbons (Fsp3) is 0.0625. The van der Waals surface area contributed by atoms with Crippen molar-refractivity contribution < 1.29 is 9.36 Å². The van der Waals surface area contributed by atoms with Crippen LogP contribution in [-0.4, -0.2) is 10.9 Å². The summed E-state index contributed by atoms with van der Waals surface area (Å²) in [6.45, 7) is 0.279. The van der Waals surface area contributed by atoms with Gasteiger partial charge in [0.2, 0.25) is 6.54 Å². The lowest BCUT2D eigenvalue weighted by Crippen LogP contribution is -2.39. The van der Waals surface area contributed by atoms with E-state index in [1.807, 2.05) is 70.9 Å². The van der Waals surface area contributed by atoms with E-state index in [2.05, 4.69) is 10.3 Å². The Morgan fingerprint density at radius 3 is 2.57 bits per heavy atom. The molecule has 0 bridgehead atoms. The van der Waals surface area contributed by atoms with Crippen molar-refractivity contribution in [1.29, 1.82) is 0 Å². The molecule has 1 amide bonds. The molecule has 5 heteroatoms. The number of hydrogen-bond acceptors (Lipinski definition) is 3. The summed E-state index contributed by atoms with van der Waals surface area (Å²) >= 11 is 1.43. The number of benzene rings is 1. The molecule has 0 aliphatic rings. The molecule has 0 fully saturated rings. The molecule has 3 rings (SSSR count). The van der Waals surface area contributed by atoms with Crippen LogP contribution < -0.4 is 9.88 Å². The van der Waals surface area contributed by atoms with Gasteiger partial charge in [0.15, 0.2) is 17.5 Å². The molecule has 1 N–H and O–H groups in total. The minimum atomic E-state index is -0.0832. The van der Waals surface area contributed by atoms with Gasteiger partial charge in [0.1, 0.15) is 0 Å². The molecule has 104 valence electrons. The minimum Gasteiger partial charge on any atom is -0.296 e. The van der Waals surface area contributed by atoms with Gasteiger partial charge in [-0.15, -0.1) is 11.3 Å². The van der Waals surface area contributed by atoms with E-state index < -0.39 is 0 Å². The second-order valence-corrected chi connectivity index (χ2v) is 5.36. The lowest BCUT2D eigenvalue weighted by Gasteiger charge is -1.98. The third-order valence-electron chi connectivity index (χ3n) is 2.92. The number of amides is 1. The first-order valence-corrected chi connectivity index (χ1v) is 7.44. The summed E-state index contributed by atoms with van der Waals surface area (Å²) in [6, 6.07) is 15.6. The van der Waals surface area contributed by atoms with E-state index in [-0.39, 0.29) is 12.5 Å². The van der Waals surface area contributed by atoms with Crippen molar-refractivity contribution in [2.75, 3.05) is 5.32 Å². The highest BCUT2D eigenvalue weighted by Gasteiger charge is 2.11. The van der Waals surface area contributed by atoms with E-state index >= 15 is 0 Å². The third-order valence-corrected chi connectivity index (χ3v) is 3.68. The van der Waals surface area contributed by atoms with Crippen LogP contribution in [-0.2, 0) is 11.3 Å². The average Bonchev–Trinajstić information content (AvgIpc) is 2.97. The van der Waals surface area contributed by atoms with Crippen LogP contribution in [0.15, 0.2) is 66.3 Å². The number of carbonyl (C=O) groups is 1. The van der Waals surface area contributed by atoms with Gasteiger partial charge in [-0.25, -0.2) is 4.98 Å². The number of carbonyl (C=O) groups excluding carboxylic acids is 1. The Bertz CT molecular complexity index is 726. The summed E-state index contributed by atoms with van der Waals surface area (Å²) in [5.74, 6) is -0.0832. The summed E-state index contributed by atoms with van der Waals surface area (Å²) in [6.07, 6.45) is 3.72. The van der Waals surface area contributed by atoms with Crippen LogP contribution in [0.4, 0.5) is 5.13 Å². The van der Waals surface area contributed by atoms with Crippen molar-refractivity contribution in [1.82, 2.24) is 4.98 Å². The number of rotatable bonds is 4. The Kier molecular flexibility index (Phi) is 4.02. The SMILES string of the molecule is O=C(C[n+]1ccccc1)Nc1nc(-c2ccccc2)cs1. The summed E-state index contributed by atoms with van der Waals surface area (Å²) in [5.41, 5.74) is 1.93. The molecule has 4 nitrogen and oxygen atoms in total. The molecule has 0 saturated heterocycles. The quantitative estimate of drug-likeness (QED) is 0.752. The first kappa shape index (κ1) is 13.5. The predicted molar refractivity (Wildman–Crippen MR) is 82.8 cm³/mol. The van der Waals surface area contributed by atoms with E-state index in [0.29, 0.717) is 5.13 Å². The van der Waals surface area contributed by atoms with Crippen molar-refractivity contribution in [2.45, 2.75) is 6.54 Å². The van der Waals surface area contributed by atoms with Crippen LogP contribution in [0.25, 0.3) is 11.3 Å². The number of hydrogen-bond donors (Lipinski definition) is 1. The molecule has 0 spiro atoms. The van der Waals surface area contributed by atoms with E-state index in [1.54, 1.807) is 0 Å². The molecular formula is C16H14N3OS+. The van der Waals surface area contributed by atoms with E-state index in [4.69, 9.17) is 0 Å². The Labute approximate surface area is 126 Å². The number of aromatic nitrogens is 2. The lowest BCUT2D eigenvalue weighted by molar-refractivity contribution is -0.684. The van der Waals surface area contributed by atoms with E-state index in [0.717, 1.165) is 11.3 Å². The zero-order valence-corrected chi connectivity index (χ0v) is 12.1. The zero-order valence-electron chi connectivity index (χ0n) is 11.3. The number of nitrogens with zero attached hydrogens (tertiary/aromatic N) is 2. The maximum atomic E-state index is 12.0. The maximum Gasteiger partial charge on any atom is 0.292 e. The summed E-state index contributed by atoms with van der Waals surface area (Å²) in [4.78, 5) is 16.4. The van der Waals surface area contributed by atoms with Crippen molar-refractivity contribution in [2.24, 2.45) is 0 Å². The number of pyridine rings is 1. The fourth-order valence-corrected chi connectivity index (χ4v) is 2.67. The van der Waals surface area contributed by atoms with Gasteiger partial charge in [0, 0.05) is 23.1 Å². The van der Waals surface area contributed by atoms with Crippen molar-refractivity contribution >= 4 is 22.4 Å². The fourth-order valence-electron chi connectivity index (χ4n) is 1.94. The van der Waals surface area contributed by atoms with Gasteiger partial charge in [0.05, 0.1) is 5.69 Å². The highest BCUT2D eigenvalue weighted by atomic mass is 32.1. The second kappa shape index (κ2) is 6.28. The number of thiazole rings is 1. The Balaban J connectivity index is 1.66. The minimum absolute atomic E-state index is 0.0832. The van der Waals surface area contributed by atoms with Gasteiger partial charge in [-0.1, -0.05) is 36.4 Å². The van der Waals surface area contributed by atoms with Gasteiger partial charge >= 0.3 is 0 Å². The molecule has 2 aromatic heterocycles. The normalized spacial score (nSPS) is 10.3. The highest BCUT2D eigenvalue weighted by Crippen LogP contribution is 2.24. The summed E-state index contributed by atoms with van der Waals surface area (Å²) < 4.78 is 1.82. The average molecular weight is 296 g/mol. The maximum absolute atomic E-state index is 12.0. The van der Waals surface area contributed by atoms with Gasteiger partial charge in [-0.05, 0) is 0 Å². The molecular weight excluding hydrogens is 282 g/mol. The first-order valence-electron chi connectivity index (χ1n) is 6.56. The standard InChI is InChI=1S/C16H13N3OS/c20-15(11-19-9-5-2-6-10-19)18-16-17-14(12-21-16)13-7-3-1-4-8-13/h1-10,12H,11H2/p+1. The molecule has 0 atom stereocenters. The highest BCUT2D eigenvalue weighted by molar-refractivity contribution is 7.14. The summed E-state index contributed by atoms with van der Waals surface area (Å²) in [5, 5.41) is 5.39. The Morgan fingerprint density at radius 1 is 1.10 bits per heavy atom. The van der Waals surface area contributed by atoms with Gasteiger partial charge in [-0.3, -0.25) is 10.1 Å². The molecule has 0 saturated carbocycles.